The highest BCUT2D eigenvalue weighted by molar-refractivity contribution is 7.61. The Morgan fingerprint density at radius 3 is 2.40 bits per heavy atom. The van der Waals surface area contributed by atoms with Crippen LogP contribution in [0, 0.1) is 0 Å². The van der Waals surface area contributed by atoms with Gasteiger partial charge in [-0.2, -0.15) is 0 Å². The third-order valence-corrected chi connectivity index (χ3v) is 2.35. The third kappa shape index (κ3) is 13.6. The zero-order valence-corrected chi connectivity index (χ0v) is 9.94. The van der Waals surface area contributed by atoms with E-state index in [-0.39, 0.29) is 0 Å². The van der Waals surface area contributed by atoms with E-state index < -0.39 is 8.38 Å². The SMILES string of the molecule is NC=CCCCCCCCN=CP(O)O. The quantitative estimate of drug-likeness (QED) is 0.323. The molecule has 0 aliphatic rings. The summed E-state index contributed by atoms with van der Waals surface area (Å²) in [4.78, 5) is 21.0. The van der Waals surface area contributed by atoms with E-state index in [1.54, 1.807) is 6.20 Å². The van der Waals surface area contributed by atoms with Crippen molar-refractivity contribution in [3.8, 4) is 0 Å². The van der Waals surface area contributed by atoms with Crippen molar-refractivity contribution in [1.29, 1.82) is 0 Å². The predicted molar refractivity (Wildman–Crippen MR) is 65.7 cm³/mol. The standard InChI is InChI=1S/C10H21N2O2P/c11-8-6-4-2-1-3-5-7-9-12-10-15(13)14/h6,8,10,13-14H,1-5,7,9,11H2. The largest absolute Gasteiger partial charge is 0.405 e. The molecule has 88 valence electrons. The molecule has 0 aliphatic heterocycles. The zero-order valence-electron chi connectivity index (χ0n) is 9.05. The molecule has 0 heterocycles. The summed E-state index contributed by atoms with van der Waals surface area (Å²) in [7, 11) is -1.95. The normalized spacial score (nSPS) is 12.2. The molecular formula is C10H21N2O2P. The first-order chi connectivity index (χ1) is 7.27. The number of aliphatic imine (C=N–C) groups is 1. The fraction of sp³-hybridized carbons (Fsp3) is 0.700. The highest BCUT2D eigenvalue weighted by Crippen LogP contribution is 2.17. The lowest BCUT2D eigenvalue weighted by atomic mass is 10.1. The molecule has 0 rings (SSSR count). The van der Waals surface area contributed by atoms with Gasteiger partial charge in [-0.15, -0.1) is 0 Å². The van der Waals surface area contributed by atoms with Crippen LogP contribution < -0.4 is 5.73 Å². The van der Waals surface area contributed by atoms with Crippen molar-refractivity contribution in [2.75, 3.05) is 6.54 Å². The Labute approximate surface area is 92.8 Å². The molecule has 0 saturated carbocycles. The molecule has 0 radical (unpaired) electrons. The molecule has 0 aromatic rings. The van der Waals surface area contributed by atoms with Crippen LogP contribution in [0.3, 0.4) is 0 Å². The van der Waals surface area contributed by atoms with Gasteiger partial charge in [-0.05, 0) is 25.5 Å². The summed E-state index contributed by atoms with van der Waals surface area (Å²) in [5.41, 5.74) is 5.21. The van der Waals surface area contributed by atoms with Gasteiger partial charge in [0.05, 0.1) is 5.96 Å². The summed E-state index contributed by atoms with van der Waals surface area (Å²) >= 11 is 0. The van der Waals surface area contributed by atoms with Gasteiger partial charge in [-0.25, -0.2) is 0 Å². The molecule has 0 aromatic carbocycles. The molecule has 0 spiro atoms. The van der Waals surface area contributed by atoms with E-state index in [2.05, 4.69) is 4.99 Å². The van der Waals surface area contributed by atoms with E-state index in [4.69, 9.17) is 15.5 Å². The van der Waals surface area contributed by atoms with Crippen LogP contribution in [0.4, 0.5) is 0 Å². The van der Waals surface area contributed by atoms with Crippen LogP contribution in [0.25, 0.3) is 0 Å². The molecule has 4 N–H and O–H groups in total. The molecule has 0 aliphatic carbocycles. The van der Waals surface area contributed by atoms with Crippen molar-refractivity contribution in [2.24, 2.45) is 10.7 Å². The van der Waals surface area contributed by atoms with Crippen LogP contribution in [0.5, 0.6) is 0 Å². The Morgan fingerprint density at radius 1 is 1.07 bits per heavy atom. The van der Waals surface area contributed by atoms with Crippen LogP contribution in [0.2, 0.25) is 0 Å². The van der Waals surface area contributed by atoms with Gasteiger partial charge < -0.3 is 15.5 Å². The molecule has 5 heteroatoms. The van der Waals surface area contributed by atoms with E-state index in [1.165, 1.54) is 25.2 Å². The van der Waals surface area contributed by atoms with Crippen LogP contribution >= 0.6 is 8.38 Å². The third-order valence-electron chi connectivity index (χ3n) is 1.98. The fourth-order valence-corrected chi connectivity index (χ4v) is 1.48. The van der Waals surface area contributed by atoms with E-state index in [1.807, 2.05) is 6.08 Å². The first-order valence-electron chi connectivity index (χ1n) is 5.31. The van der Waals surface area contributed by atoms with Gasteiger partial charge in [0.15, 0.2) is 0 Å². The van der Waals surface area contributed by atoms with Gasteiger partial charge in [0.2, 0.25) is 8.38 Å². The summed E-state index contributed by atoms with van der Waals surface area (Å²) in [6, 6.07) is 0. The van der Waals surface area contributed by atoms with E-state index in [0.717, 1.165) is 19.3 Å². The highest BCUT2D eigenvalue weighted by Gasteiger charge is 1.91. The van der Waals surface area contributed by atoms with Crippen molar-refractivity contribution in [3.63, 3.8) is 0 Å². The molecule has 0 aromatic heterocycles. The zero-order chi connectivity index (χ0) is 11.4. The second-order valence-corrected chi connectivity index (χ2v) is 4.20. The highest BCUT2D eigenvalue weighted by atomic mass is 31.2. The number of hydrogen-bond donors (Lipinski definition) is 3. The Balaban J connectivity index is 3.05. The van der Waals surface area contributed by atoms with Crippen molar-refractivity contribution < 1.29 is 9.79 Å². The minimum Gasteiger partial charge on any atom is -0.405 e. The monoisotopic (exact) mass is 232 g/mol. The van der Waals surface area contributed by atoms with Crippen molar-refractivity contribution >= 4 is 14.3 Å². The number of nitrogens with two attached hydrogens (primary N) is 1. The van der Waals surface area contributed by atoms with Crippen LogP contribution in [0.15, 0.2) is 17.3 Å². The molecule has 15 heavy (non-hydrogen) atoms. The molecular weight excluding hydrogens is 211 g/mol. The Hall–Kier alpha value is -0.440. The van der Waals surface area contributed by atoms with E-state index in [0.29, 0.717) is 6.54 Å². The molecule has 0 bridgehead atoms. The van der Waals surface area contributed by atoms with Gasteiger partial charge >= 0.3 is 0 Å². The smallest absolute Gasteiger partial charge is 0.211 e. The van der Waals surface area contributed by atoms with Gasteiger partial charge in [0.1, 0.15) is 0 Å². The van der Waals surface area contributed by atoms with Gasteiger partial charge in [-0.1, -0.05) is 25.3 Å². The Bertz CT molecular complexity index is 184. The number of allylic oxidation sites excluding steroid dienone is 1. The van der Waals surface area contributed by atoms with E-state index in [9.17, 15) is 0 Å². The Morgan fingerprint density at radius 2 is 1.73 bits per heavy atom. The van der Waals surface area contributed by atoms with Crippen LogP contribution in [0.1, 0.15) is 38.5 Å². The van der Waals surface area contributed by atoms with Gasteiger partial charge in [-0.3, -0.25) is 4.99 Å². The Kier molecular flexibility index (Phi) is 11.3. The summed E-state index contributed by atoms with van der Waals surface area (Å²) in [6.45, 7) is 0.697. The topological polar surface area (TPSA) is 78.8 Å². The number of hydrogen-bond acceptors (Lipinski definition) is 4. The molecule has 0 unspecified atom stereocenters. The number of rotatable bonds is 9. The molecule has 0 amide bonds. The minimum absolute atomic E-state index is 0.697. The summed E-state index contributed by atoms with van der Waals surface area (Å²) < 4.78 is 0. The van der Waals surface area contributed by atoms with E-state index >= 15 is 0 Å². The maximum atomic E-state index is 8.53. The lowest BCUT2D eigenvalue weighted by Crippen LogP contribution is -1.84. The predicted octanol–water partition coefficient (Wildman–Crippen LogP) is 2.12. The first kappa shape index (κ1) is 14.6. The van der Waals surface area contributed by atoms with Gasteiger partial charge in [0, 0.05) is 6.54 Å². The number of unbranched alkanes of at least 4 members (excludes halogenated alkanes) is 5. The summed E-state index contributed by atoms with van der Waals surface area (Å²) in [6.07, 6.45) is 10.4. The van der Waals surface area contributed by atoms with Crippen LogP contribution in [-0.4, -0.2) is 22.3 Å². The summed E-state index contributed by atoms with van der Waals surface area (Å²) in [5, 5.41) is 0. The number of nitrogens with zero attached hydrogens (tertiary/aromatic N) is 1. The van der Waals surface area contributed by atoms with Crippen molar-refractivity contribution in [2.45, 2.75) is 38.5 Å². The average molecular weight is 232 g/mol. The van der Waals surface area contributed by atoms with Crippen molar-refractivity contribution in [3.05, 3.63) is 12.3 Å². The second kappa shape index (κ2) is 11.6. The molecule has 4 nitrogen and oxygen atoms in total. The van der Waals surface area contributed by atoms with Crippen molar-refractivity contribution in [1.82, 2.24) is 0 Å². The lowest BCUT2D eigenvalue weighted by Gasteiger charge is -1.98. The minimum atomic E-state index is -1.95. The fourth-order valence-electron chi connectivity index (χ4n) is 1.22. The molecule has 0 saturated heterocycles. The first-order valence-corrected chi connectivity index (χ1v) is 6.62. The summed E-state index contributed by atoms with van der Waals surface area (Å²) in [5.74, 6) is 1.22. The maximum absolute atomic E-state index is 8.53. The average Bonchev–Trinajstić information content (AvgIpc) is 2.20. The van der Waals surface area contributed by atoms with Gasteiger partial charge in [0.25, 0.3) is 0 Å². The molecule has 0 atom stereocenters. The lowest BCUT2D eigenvalue weighted by molar-refractivity contribution is 0.501. The van der Waals surface area contributed by atoms with Crippen LogP contribution in [-0.2, 0) is 0 Å². The molecule has 0 fully saturated rings. The maximum Gasteiger partial charge on any atom is 0.211 e. The second-order valence-electron chi connectivity index (χ2n) is 3.33.